The van der Waals surface area contributed by atoms with E-state index >= 15 is 0 Å². The van der Waals surface area contributed by atoms with Crippen LogP contribution in [-0.2, 0) is 0 Å². The van der Waals surface area contributed by atoms with Crippen molar-refractivity contribution >= 4 is 16.9 Å². The van der Waals surface area contributed by atoms with Gasteiger partial charge in [0.25, 0.3) is 5.91 Å². The number of nitrogens with one attached hydrogen (secondary N) is 1. The molecule has 27 heavy (non-hydrogen) atoms. The van der Waals surface area contributed by atoms with Crippen molar-refractivity contribution in [2.24, 2.45) is 11.8 Å². The number of hydrogen-bond acceptors (Lipinski definition) is 4. The average molecular weight is 361 g/mol. The molecule has 3 atom stereocenters. The van der Waals surface area contributed by atoms with Gasteiger partial charge in [0.1, 0.15) is 5.69 Å². The molecule has 138 valence electrons. The van der Waals surface area contributed by atoms with Crippen LogP contribution < -0.4 is 0 Å². The van der Waals surface area contributed by atoms with Crippen LogP contribution in [0.2, 0.25) is 0 Å². The van der Waals surface area contributed by atoms with Crippen molar-refractivity contribution in [3.63, 3.8) is 0 Å². The van der Waals surface area contributed by atoms with Crippen molar-refractivity contribution < 1.29 is 4.79 Å². The molecule has 1 aromatic carbocycles. The van der Waals surface area contributed by atoms with Gasteiger partial charge in [0.15, 0.2) is 5.65 Å². The summed E-state index contributed by atoms with van der Waals surface area (Å²) in [7, 11) is 2.20. The molecule has 0 bridgehead atoms. The van der Waals surface area contributed by atoms with Gasteiger partial charge in [-0.05, 0) is 43.1 Å². The Morgan fingerprint density at radius 2 is 2.00 bits per heavy atom. The number of carbonyl (C=O) groups is 1. The number of H-pyrrole nitrogens is 1. The van der Waals surface area contributed by atoms with E-state index in [-0.39, 0.29) is 5.91 Å². The lowest BCUT2D eigenvalue weighted by molar-refractivity contribution is 0.0762. The molecular formula is C21H23N5O. The Hall–Kier alpha value is -2.73. The van der Waals surface area contributed by atoms with Gasteiger partial charge in [-0.2, -0.15) is 5.10 Å². The second-order valence-electron chi connectivity index (χ2n) is 7.88. The zero-order valence-corrected chi connectivity index (χ0v) is 15.6. The standard InChI is InChI=1S/C21H23N5O/c1-13-5-3-4-6-16(13)19-17-12-26(11-15(17)10-25(19)2)21(27)18-8-7-14-9-22-24-20(14)23-18/h3-9,15,17,19H,10-12H2,1-2H3,(H,22,23,24)/t15-,17+,19+/m0/s1. The summed E-state index contributed by atoms with van der Waals surface area (Å²) in [5.74, 6) is 1.00. The van der Waals surface area contributed by atoms with Gasteiger partial charge in [-0.15, -0.1) is 0 Å². The number of nitrogens with zero attached hydrogens (tertiary/aromatic N) is 4. The molecule has 4 heterocycles. The largest absolute Gasteiger partial charge is 0.337 e. The maximum absolute atomic E-state index is 13.1. The third kappa shape index (κ3) is 2.63. The van der Waals surface area contributed by atoms with Gasteiger partial charge >= 0.3 is 0 Å². The van der Waals surface area contributed by atoms with E-state index in [1.807, 2.05) is 11.0 Å². The Morgan fingerprint density at radius 3 is 2.85 bits per heavy atom. The van der Waals surface area contributed by atoms with Crippen molar-refractivity contribution in [1.82, 2.24) is 25.0 Å². The van der Waals surface area contributed by atoms with Gasteiger partial charge in [-0.1, -0.05) is 24.3 Å². The number of fused-ring (bicyclic) bond motifs is 2. The quantitative estimate of drug-likeness (QED) is 0.762. The van der Waals surface area contributed by atoms with Crippen LogP contribution in [0, 0.1) is 18.8 Å². The van der Waals surface area contributed by atoms with Crippen LogP contribution in [0.4, 0.5) is 0 Å². The monoisotopic (exact) mass is 361 g/mol. The molecule has 2 aliphatic rings. The summed E-state index contributed by atoms with van der Waals surface area (Å²) in [6.45, 7) is 4.80. The molecule has 1 amide bonds. The van der Waals surface area contributed by atoms with E-state index in [9.17, 15) is 4.79 Å². The van der Waals surface area contributed by atoms with Crippen LogP contribution in [-0.4, -0.2) is 57.6 Å². The van der Waals surface area contributed by atoms with E-state index < -0.39 is 0 Å². The molecule has 2 saturated heterocycles. The van der Waals surface area contributed by atoms with E-state index in [4.69, 9.17) is 0 Å². The molecule has 0 aliphatic carbocycles. The fourth-order valence-electron chi connectivity index (χ4n) is 4.92. The first-order valence-corrected chi connectivity index (χ1v) is 9.47. The van der Waals surface area contributed by atoms with Gasteiger partial charge in [0.05, 0.1) is 6.20 Å². The smallest absolute Gasteiger partial charge is 0.272 e. The maximum atomic E-state index is 13.1. The second-order valence-corrected chi connectivity index (χ2v) is 7.88. The topological polar surface area (TPSA) is 65.1 Å². The molecule has 2 fully saturated rings. The molecule has 2 aromatic heterocycles. The summed E-state index contributed by atoms with van der Waals surface area (Å²) in [4.78, 5) is 21.9. The minimum atomic E-state index is 0.0205. The molecule has 0 radical (unpaired) electrons. The average Bonchev–Trinajstić information content (AvgIpc) is 3.35. The fourth-order valence-corrected chi connectivity index (χ4v) is 4.92. The Bertz CT molecular complexity index is 1010. The van der Waals surface area contributed by atoms with Crippen LogP contribution in [0.1, 0.15) is 27.7 Å². The minimum absolute atomic E-state index is 0.0205. The number of rotatable bonds is 2. The van der Waals surface area contributed by atoms with E-state index in [1.165, 1.54) is 11.1 Å². The molecule has 6 nitrogen and oxygen atoms in total. The highest BCUT2D eigenvalue weighted by Gasteiger charge is 2.47. The SMILES string of the molecule is Cc1ccccc1[C@@H]1[C@@H]2CN(C(=O)c3ccc4cn[nH]c4n3)C[C@@H]2CN1C. The van der Waals surface area contributed by atoms with Gasteiger partial charge in [-0.25, -0.2) is 4.98 Å². The van der Waals surface area contributed by atoms with Gasteiger partial charge in [-0.3, -0.25) is 14.8 Å². The lowest BCUT2D eigenvalue weighted by atomic mass is 9.88. The lowest BCUT2D eigenvalue weighted by Gasteiger charge is -2.28. The third-order valence-electron chi connectivity index (χ3n) is 6.21. The highest BCUT2D eigenvalue weighted by molar-refractivity contribution is 5.94. The lowest BCUT2D eigenvalue weighted by Crippen LogP contribution is -2.34. The predicted octanol–water partition coefficient (Wildman–Crippen LogP) is 2.64. The predicted molar refractivity (Wildman–Crippen MR) is 103 cm³/mol. The zero-order valence-electron chi connectivity index (χ0n) is 15.6. The molecular weight excluding hydrogens is 338 g/mol. The molecule has 3 aromatic rings. The molecule has 6 heteroatoms. The summed E-state index contributed by atoms with van der Waals surface area (Å²) < 4.78 is 0. The Morgan fingerprint density at radius 1 is 1.15 bits per heavy atom. The zero-order chi connectivity index (χ0) is 18.5. The number of pyridine rings is 1. The van der Waals surface area contributed by atoms with Crippen molar-refractivity contribution in [2.45, 2.75) is 13.0 Å². The normalized spacial score (nSPS) is 25.3. The minimum Gasteiger partial charge on any atom is -0.337 e. The maximum Gasteiger partial charge on any atom is 0.272 e. The summed E-state index contributed by atoms with van der Waals surface area (Å²) in [5, 5.41) is 7.76. The number of likely N-dealkylation sites (tertiary alicyclic amines) is 2. The van der Waals surface area contributed by atoms with E-state index in [2.05, 4.69) is 58.3 Å². The van der Waals surface area contributed by atoms with E-state index in [0.717, 1.165) is 25.0 Å². The van der Waals surface area contributed by atoms with E-state index in [1.54, 1.807) is 12.3 Å². The summed E-state index contributed by atoms with van der Waals surface area (Å²) >= 11 is 0. The molecule has 5 rings (SSSR count). The molecule has 0 spiro atoms. The van der Waals surface area contributed by atoms with Crippen molar-refractivity contribution in [3.05, 3.63) is 59.4 Å². The highest BCUT2D eigenvalue weighted by atomic mass is 16.2. The number of benzene rings is 1. The molecule has 2 aliphatic heterocycles. The van der Waals surface area contributed by atoms with Crippen LogP contribution in [0.15, 0.2) is 42.6 Å². The first-order chi connectivity index (χ1) is 13.1. The second kappa shape index (κ2) is 6.16. The number of aromatic nitrogens is 3. The summed E-state index contributed by atoms with van der Waals surface area (Å²) in [6.07, 6.45) is 1.72. The Kier molecular flexibility index (Phi) is 3.75. The molecule has 1 N–H and O–H groups in total. The Balaban J connectivity index is 1.40. The Labute approximate surface area is 158 Å². The first kappa shape index (κ1) is 16.4. The third-order valence-corrected chi connectivity index (χ3v) is 6.21. The first-order valence-electron chi connectivity index (χ1n) is 9.47. The molecule has 0 saturated carbocycles. The summed E-state index contributed by atoms with van der Waals surface area (Å²) in [5.41, 5.74) is 3.87. The van der Waals surface area contributed by atoms with Crippen LogP contribution in [0.5, 0.6) is 0 Å². The van der Waals surface area contributed by atoms with Crippen molar-refractivity contribution in [2.75, 3.05) is 26.7 Å². The molecule has 0 unspecified atom stereocenters. The fraction of sp³-hybridized carbons (Fsp3) is 0.381. The van der Waals surface area contributed by atoms with Crippen molar-refractivity contribution in [3.8, 4) is 0 Å². The van der Waals surface area contributed by atoms with Crippen LogP contribution in [0.3, 0.4) is 0 Å². The van der Waals surface area contributed by atoms with Gasteiger partial charge in [0, 0.05) is 37.0 Å². The highest BCUT2D eigenvalue weighted by Crippen LogP contribution is 2.45. The number of aryl methyl sites for hydroxylation is 1. The van der Waals surface area contributed by atoms with Gasteiger partial charge < -0.3 is 4.90 Å². The number of carbonyl (C=O) groups excluding carboxylic acids is 1. The van der Waals surface area contributed by atoms with Crippen LogP contribution >= 0.6 is 0 Å². The van der Waals surface area contributed by atoms with E-state index in [0.29, 0.717) is 29.2 Å². The van der Waals surface area contributed by atoms with Crippen molar-refractivity contribution in [1.29, 1.82) is 0 Å². The number of hydrogen-bond donors (Lipinski definition) is 1. The van der Waals surface area contributed by atoms with Gasteiger partial charge in [0.2, 0.25) is 0 Å². The van der Waals surface area contributed by atoms with Crippen LogP contribution in [0.25, 0.3) is 11.0 Å². The number of amides is 1. The number of aromatic amines is 1. The summed E-state index contributed by atoms with van der Waals surface area (Å²) in [6, 6.07) is 12.7.